The van der Waals surface area contributed by atoms with Crippen molar-refractivity contribution in [1.82, 2.24) is 4.90 Å². The molecule has 1 aromatic rings. The molecule has 6 heteroatoms. The van der Waals surface area contributed by atoms with Gasteiger partial charge in [-0.2, -0.15) is 0 Å². The van der Waals surface area contributed by atoms with Crippen LogP contribution in [0.25, 0.3) is 0 Å². The Labute approximate surface area is 164 Å². The van der Waals surface area contributed by atoms with E-state index < -0.39 is 14.4 Å². The van der Waals surface area contributed by atoms with E-state index >= 15 is 0 Å². The number of ether oxygens (including phenoxy) is 1. The summed E-state index contributed by atoms with van der Waals surface area (Å²) in [5.74, 6) is -0.448. The van der Waals surface area contributed by atoms with E-state index in [1.165, 1.54) is 4.90 Å². The van der Waals surface area contributed by atoms with Gasteiger partial charge in [0, 0.05) is 12.5 Å². The molecule has 1 heterocycles. The maximum Gasteiger partial charge on any atom is 0.416 e. The number of nitrogens with zero attached hydrogens (tertiary/aromatic N) is 1. The van der Waals surface area contributed by atoms with Crippen molar-refractivity contribution in [3.8, 4) is 0 Å². The Morgan fingerprint density at radius 3 is 2.52 bits per heavy atom. The molecule has 5 nitrogen and oxygen atoms in total. The summed E-state index contributed by atoms with van der Waals surface area (Å²) in [5, 5.41) is 0.139. The zero-order chi connectivity index (χ0) is 20.2. The van der Waals surface area contributed by atoms with E-state index in [1.807, 2.05) is 37.3 Å². The number of hydrogen-bond acceptors (Lipinski definition) is 4. The molecule has 1 aliphatic rings. The van der Waals surface area contributed by atoms with E-state index in [1.54, 1.807) is 0 Å². The van der Waals surface area contributed by atoms with Crippen LogP contribution in [0.1, 0.15) is 39.7 Å². The first-order valence-corrected chi connectivity index (χ1v) is 12.6. The van der Waals surface area contributed by atoms with Crippen LogP contribution in [-0.2, 0) is 20.4 Å². The Bertz CT molecular complexity index is 654. The molecule has 1 aromatic carbocycles. The minimum atomic E-state index is -1.83. The van der Waals surface area contributed by atoms with E-state index in [0.29, 0.717) is 19.4 Å². The van der Waals surface area contributed by atoms with E-state index in [4.69, 9.17) is 9.16 Å². The van der Waals surface area contributed by atoms with Gasteiger partial charge in [-0.15, -0.1) is 0 Å². The standard InChI is InChI=1S/C21H33NO4Si/c1-16(12-13-26-27(5,6)21(2,3)4)19(23)22-18(15-25-20(22)24)14-17-10-8-7-9-11-17/h7-11,16,18H,12-15H2,1-6H3/t16-,18-/m1/s1. The van der Waals surface area contributed by atoms with Crippen LogP contribution in [0.4, 0.5) is 4.79 Å². The van der Waals surface area contributed by atoms with Crippen molar-refractivity contribution in [2.75, 3.05) is 13.2 Å². The molecular weight excluding hydrogens is 358 g/mol. The number of imide groups is 1. The molecule has 0 aliphatic carbocycles. The van der Waals surface area contributed by atoms with Crippen molar-refractivity contribution < 1.29 is 18.8 Å². The predicted molar refractivity (Wildman–Crippen MR) is 109 cm³/mol. The summed E-state index contributed by atoms with van der Waals surface area (Å²) < 4.78 is 11.3. The number of amides is 2. The van der Waals surface area contributed by atoms with Crippen LogP contribution in [-0.4, -0.2) is 44.5 Å². The fourth-order valence-corrected chi connectivity index (χ4v) is 3.90. The highest BCUT2D eigenvalue weighted by atomic mass is 28.4. The van der Waals surface area contributed by atoms with Gasteiger partial charge in [0.15, 0.2) is 8.32 Å². The normalized spacial score (nSPS) is 19.1. The molecule has 1 aliphatic heterocycles. The zero-order valence-corrected chi connectivity index (χ0v) is 18.5. The van der Waals surface area contributed by atoms with Crippen molar-refractivity contribution in [2.45, 2.75) is 64.7 Å². The first-order chi connectivity index (χ1) is 12.5. The first-order valence-electron chi connectivity index (χ1n) is 9.70. The molecule has 0 bridgehead atoms. The van der Waals surface area contributed by atoms with Gasteiger partial charge in [-0.05, 0) is 36.5 Å². The quantitative estimate of drug-likeness (QED) is 0.636. The van der Waals surface area contributed by atoms with Gasteiger partial charge in [-0.1, -0.05) is 58.0 Å². The van der Waals surface area contributed by atoms with Gasteiger partial charge < -0.3 is 9.16 Å². The van der Waals surface area contributed by atoms with Gasteiger partial charge in [0.05, 0.1) is 6.04 Å². The molecule has 27 heavy (non-hydrogen) atoms. The molecule has 0 spiro atoms. The molecule has 0 saturated carbocycles. The molecule has 0 unspecified atom stereocenters. The summed E-state index contributed by atoms with van der Waals surface area (Å²) in [6.45, 7) is 13.7. The number of hydrogen-bond donors (Lipinski definition) is 0. The monoisotopic (exact) mass is 391 g/mol. The second-order valence-corrected chi connectivity index (χ2v) is 13.7. The molecule has 2 atom stereocenters. The van der Waals surface area contributed by atoms with Gasteiger partial charge in [0.1, 0.15) is 6.61 Å². The average Bonchev–Trinajstić information content (AvgIpc) is 2.94. The molecule has 1 saturated heterocycles. The highest BCUT2D eigenvalue weighted by Crippen LogP contribution is 2.36. The SMILES string of the molecule is C[C@H](CCO[Si](C)(C)C(C)(C)C)C(=O)N1C(=O)OC[C@H]1Cc1ccccc1. The Balaban J connectivity index is 1.94. The van der Waals surface area contributed by atoms with Crippen molar-refractivity contribution in [3.63, 3.8) is 0 Å². The van der Waals surface area contributed by atoms with Crippen LogP contribution in [0, 0.1) is 5.92 Å². The third-order valence-corrected chi connectivity index (χ3v) is 10.3. The Kier molecular flexibility index (Phi) is 6.86. The second-order valence-electron chi connectivity index (χ2n) is 8.93. The Morgan fingerprint density at radius 2 is 1.93 bits per heavy atom. The van der Waals surface area contributed by atoms with Crippen LogP contribution in [0.5, 0.6) is 0 Å². The molecule has 1 fully saturated rings. The van der Waals surface area contributed by atoms with E-state index in [0.717, 1.165) is 5.56 Å². The molecule has 0 N–H and O–H groups in total. The lowest BCUT2D eigenvalue weighted by atomic mass is 10.0. The number of carbonyl (C=O) groups is 2. The number of cyclic esters (lactones) is 1. The summed E-state index contributed by atoms with van der Waals surface area (Å²) in [6.07, 6.45) is 0.691. The zero-order valence-electron chi connectivity index (χ0n) is 17.5. The van der Waals surface area contributed by atoms with Crippen molar-refractivity contribution in [1.29, 1.82) is 0 Å². The highest BCUT2D eigenvalue weighted by Gasteiger charge is 2.40. The van der Waals surface area contributed by atoms with Crippen molar-refractivity contribution >= 4 is 20.3 Å². The summed E-state index contributed by atoms with van der Waals surface area (Å²) in [4.78, 5) is 26.3. The highest BCUT2D eigenvalue weighted by molar-refractivity contribution is 6.74. The molecule has 150 valence electrons. The second kappa shape index (κ2) is 8.57. The maximum absolute atomic E-state index is 12.9. The van der Waals surface area contributed by atoms with E-state index in [-0.39, 0.29) is 29.5 Å². The summed E-state index contributed by atoms with van der Waals surface area (Å²) in [6, 6.07) is 9.63. The molecule has 2 amide bonds. The summed E-state index contributed by atoms with van der Waals surface area (Å²) in [5.41, 5.74) is 1.09. The van der Waals surface area contributed by atoms with E-state index in [9.17, 15) is 9.59 Å². The Hall–Kier alpha value is -1.66. The van der Waals surface area contributed by atoms with Crippen LogP contribution in [0.2, 0.25) is 18.1 Å². The lowest BCUT2D eigenvalue weighted by Crippen LogP contribution is -2.44. The van der Waals surface area contributed by atoms with Gasteiger partial charge in [-0.25, -0.2) is 9.69 Å². The van der Waals surface area contributed by atoms with Gasteiger partial charge >= 0.3 is 6.09 Å². The summed E-state index contributed by atoms with van der Waals surface area (Å²) >= 11 is 0. The third-order valence-electron chi connectivity index (χ3n) is 5.75. The van der Waals surface area contributed by atoms with Crippen LogP contribution < -0.4 is 0 Å². The van der Waals surface area contributed by atoms with Crippen molar-refractivity contribution in [3.05, 3.63) is 35.9 Å². The van der Waals surface area contributed by atoms with Crippen LogP contribution >= 0.6 is 0 Å². The van der Waals surface area contributed by atoms with Crippen LogP contribution in [0.15, 0.2) is 30.3 Å². The lowest BCUT2D eigenvalue weighted by molar-refractivity contribution is -0.133. The van der Waals surface area contributed by atoms with Gasteiger partial charge in [0.2, 0.25) is 5.91 Å². The third kappa shape index (κ3) is 5.42. The van der Waals surface area contributed by atoms with Crippen LogP contribution in [0.3, 0.4) is 0 Å². The van der Waals surface area contributed by atoms with Gasteiger partial charge in [0.25, 0.3) is 0 Å². The maximum atomic E-state index is 12.9. The largest absolute Gasteiger partial charge is 0.447 e. The fraction of sp³-hybridized carbons (Fsp3) is 0.619. The number of benzene rings is 1. The minimum Gasteiger partial charge on any atom is -0.447 e. The summed E-state index contributed by atoms with van der Waals surface area (Å²) in [7, 11) is -1.83. The molecule has 0 radical (unpaired) electrons. The molecule has 0 aromatic heterocycles. The van der Waals surface area contributed by atoms with E-state index in [2.05, 4.69) is 33.9 Å². The molecule has 2 rings (SSSR count). The smallest absolute Gasteiger partial charge is 0.416 e. The topological polar surface area (TPSA) is 55.8 Å². The fourth-order valence-electron chi connectivity index (χ4n) is 2.84. The average molecular weight is 392 g/mol. The van der Waals surface area contributed by atoms with Gasteiger partial charge in [-0.3, -0.25) is 4.79 Å². The minimum absolute atomic E-state index is 0.139. The first kappa shape index (κ1) is 21.6. The molecular formula is C21H33NO4Si. The Morgan fingerprint density at radius 1 is 1.30 bits per heavy atom. The van der Waals surface area contributed by atoms with Crippen molar-refractivity contribution in [2.24, 2.45) is 5.92 Å². The number of rotatable bonds is 7. The number of carbonyl (C=O) groups excluding carboxylic acids is 2. The predicted octanol–water partition coefficient (Wildman–Crippen LogP) is 4.62. The lowest BCUT2D eigenvalue weighted by Gasteiger charge is -2.36.